The Morgan fingerprint density at radius 3 is 2.67 bits per heavy atom. The molecule has 0 atom stereocenters. The zero-order valence-corrected chi connectivity index (χ0v) is 10.0. The van der Waals surface area contributed by atoms with Gasteiger partial charge in [0.15, 0.2) is 0 Å². The molecule has 1 aliphatic carbocycles. The predicted octanol–water partition coefficient (Wildman–Crippen LogP) is 3.82. The van der Waals surface area contributed by atoms with Crippen LogP contribution in [0.25, 0.3) is 17.0 Å². The molecule has 0 fully saturated rings. The van der Waals surface area contributed by atoms with Gasteiger partial charge in [-0.1, -0.05) is 54.6 Å². The van der Waals surface area contributed by atoms with Crippen LogP contribution in [-0.2, 0) is 6.42 Å². The molecule has 4 rings (SSSR count). The normalized spacial score (nSPS) is 12.0. The summed E-state index contributed by atoms with van der Waals surface area (Å²) in [7, 11) is 0. The van der Waals surface area contributed by atoms with E-state index in [9.17, 15) is 0 Å². The second-order valence-corrected chi connectivity index (χ2v) is 4.26. The number of hydrogen-bond acceptors (Lipinski definition) is 1. The standard InChI is InChI=1S/C9H8.C7H6N2/c1-2-5-9-7-3-6-8(9)4-1;1-2-4-7-6(3-1)5-8-9-7/h1-6H,7H2;1-5H,(H,8,9). The number of allylic oxidation sites excluding steroid dienone is 1. The van der Waals surface area contributed by atoms with E-state index < -0.39 is 0 Å². The minimum atomic E-state index is 1.09. The average molecular weight is 234 g/mol. The number of fused-ring (bicyclic) bond motifs is 2. The van der Waals surface area contributed by atoms with Gasteiger partial charge in [-0.05, 0) is 23.6 Å². The van der Waals surface area contributed by atoms with E-state index in [0.29, 0.717) is 0 Å². The lowest BCUT2D eigenvalue weighted by atomic mass is 10.1. The van der Waals surface area contributed by atoms with Crippen molar-refractivity contribution >= 4 is 17.0 Å². The lowest BCUT2D eigenvalue weighted by Gasteiger charge is -1.93. The highest BCUT2D eigenvalue weighted by Crippen LogP contribution is 2.17. The van der Waals surface area contributed by atoms with Gasteiger partial charge in [0, 0.05) is 5.39 Å². The van der Waals surface area contributed by atoms with Crippen LogP contribution in [0.1, 0.15) is 11.1 Å². The van der Waals surface area contributed by atoms with Crippen molar-refractivity contribution in [1.82, 2.24) is 10.2 Å². The molecule has 0 bridgehead atoms. The summed E-state index contributed by atoms with van der Waals surface area (Å²) in [5.74, 6) is 0. The van der Waals surface area contributed by atoms with E-state index >= 15 is 0 Å². The first-order valence-electron chi connectivity index (χ1n) is 6.06. The minimum absolute atomic E-state index is 1.09. The van der Waals surface area contributed by atoms with Crippen molar-refractivity contribution in [2.24, 2.45) is 0 Å². The second kappa shape index (κ2) is 4.88. The van der Waals surface area contributed by atoms with Gasteiger partial charge in [0.2, 0.25) is 0 Å². The number of rotatable bonds is 0. The maximum atomic E-state index is 3.88. The largest absolute Gasteiger partial charge is 0.278 e. The number of H-pyrrole nitrogens is 1. The Kier molecular flexibility index (Phi) is 2.92. The molecule has 2 heteroatoms. The smallest absolute Gasteiger partial charge is 0.0650 e. The van der Waals surface area contributed by atoms with E-state index in [-0.39, 0.29) is 0 Å². The number of nitrogens with zero attached hydrogens (tertiary/aromatic N) is 1. The molecule has 1 N–H and O–H groups in total. The number of aromatic amines is 1. The topological polar surface area (TPSA) is 28.7 Å². The second-order valence-electron chi connectivity index (χ2n) is 4.26. The van der Waals surface area contributed by atoms with E-state index in [0.717, 1.165) is 17.3 Å². The van der Waals surface area contributed by atoms with Crippen molar-refractivity contribution in [2.75, 3.05) is 0 Å². The molecule has 1 heterocycles. The minimum Gasteiger partial charge on any atom is -0.278 e. The monoisotopic (exact) mass is 234 g/mol. The molecular formula is C16H14N2. The van der Waals surface area contributed by atoms with E-state index in [1.807, 2.05) is 30.5 Å². The van der Waals surface area contributed by atoms with Crippen molar-refractivity contribution in [3.8, 4) is 0 Å². The van der Waals surface area contributed by atoms with Crippen molar-refractivity contribution in [3.63, 3.8) is 0 Å². The molecule has 1 aromatic heterocycles. The molecular weight excluding hydrogens is 220 g/mol. The predicted molar refractivity (Wildman–Crippen MR) is 75.3 cm³/mol. The van der Waals surface area contributed by atoms with Crippen LogP contribution >= 0.6 is 0 Å². The molecule has 0 aliphatic heterocycles. The summed E-state index contributed by atoms with van der Waals surface area (Å²) in [6.07, 6.45) is 7.31. The molecule has 0 spiro atoms. The Hall–Kier alpha value is -2.35. The Balaban J connectivity index is 0.000000111. The van der Waals surface area contributed by atoms with E-state index in [1.54, 1.807) is 0 Å². The first kappa shape index (κ1) is 10.8. The van der Waals surface area contributed by atoms with Gasteiger partial charge in [-0.25, -0.2) is 0 Å². The molecule has 0 amide bonds. The molecule has 3 aromatic rings. The van der Waals surface area contributed by atoms with Crippen LogP contribution < -0.4 is 0 Å². The zero-order valence-electron chi connectivity index (χ0n) is 10.0. The highest BCUT2D eigenvalue weighted by molar-refractivity contribution is 5.77. The molecule has 88 valence electrons. The Morgan fingerprint density at radius 2 is 1.78 bits per heavy atom. The molecule has 2 nitrogen and oxygen atoms in total. The summed E-state index contributed by atoms with van der Waals surface area (Å²) >= 11 is 0. The van der Waals surface area contributed by atoms with Crippen molar-refractivity contribution in [2.45, 2.75) is 6.42 Å². The Morgan fingerprint density at radius 1 is 0.944 bits per heavy atom. The van der Waals surface area contributed by atoms with E-state index in [4.69, 9.17) is 0 Å². The molecule has 18 heavy (non-hydrogen) atoms. The van der Waals surface area contributed by atoms with Crippen LogP contribution in [0.4, 0.5) is 0 Å². The third-order valence-electron chi connectivity index (χ3n) is 3.04. The third-order valence-corrected chi connectivity index (χ3v) is 3.04. The van der Waals surface area contributed by atoms with Gasteiger partial charge >= 0.3 is 0 Å². The van der Waals surface area contributed by atoms with Gasteiger partial charge in [0.1, 0.15) is 0 Å². The number of nitrogens with one attached hydrogen (secondary N) is 1. The highest BCUT2D eigenvalue weighted by Gasteiger charge is 2.00. The summed E-state index contributed by atoms with van der Waals surface area (Å²) < 4.78 is 0. The van der Waals surface area contributed by atoms with Gasteiger partial charge in [0.05, 0.1) is 11.7 Å². The maximum Gasteiger partial charge on any atom is 0.0650 e. The van der Waals surface area contributed by atoms with Crippen LogP contribution in [0.15, 0.2) is 60.8 Å². The summed E-state index contributed by atoms with van der Waals surface area (Å²) in [6, 6.07) is 16.5. The highest BCUT2D eigenvalue weighted by atomic mass is 15.1. The van der Waals surface area contributed by atoms with Gasteiger partial charge in [-0.3, -0.25) is 5.10 Å². The summed E-state index contributed by atoms with van der Waals surface area (Å²) in [6.45, 7) is 0. The summed E-state index contributed by atoms with van der Waals surface area (Å²) in [4.78, 5) is 0. The molecule has 0 saturated heterocycles. The molecule has 2 aromatic carbocycles. The van der Waals surface area contributed by atoms with Gasteiger partial charge in [0.25, 0.3) is 0 Å². The Bertz CT molecular complexity index is 650. The quantitative estimate of drug-likeness (QED) is 0.629. The van der Waals surface area contributed by atoms with Crippen LogP contribution in [-0.4, -0.2) is 10.2 Å². The SMILES string of the molecule is C1=Cc2ccccc2C1.c1ccc2[nH]ncc2c1. The first-order valence-corrected chi connectivity index (χ1v) is 6.06. The van der Waals surface area contributed by atoms with Gasteiger partial charge in [-0.2, -0.15) is 5.10 Å². The fraction of sp³-hybridized carbons (Fsp3) is 0.0625. The van der Waals surface area contributed by atoms with Gasteiger partial charge in [-0.15, -0.1) is 0 Å². The molecule has 0 radical (unpaired) electrons. The fourth-order valence-electron chi connectivity index (χ4n) is 2.08. The maximum absolute atomic E-state index is 3.88. The number of benzene rings is 2. The van der Waals surface area contributed by atoms with E-state index in [1.165, 1.54) is 11.1 Å². The van der Waals surface area contributed by atoms with Crippen LogP contribution in [0.2, 0.25) is 0 Å². The fourth-order valence-corrected chi connectivity index (χ4v) is 2.08. The lowest BCUT2D eigenvalue weighted by Crippen LogP contribution is -1.76. The van der Waals surface area contributed by atoms with Gasteiger partial charge < -0.3 is 0 Å². The first-order chi connectivity index (χ1) is 8.93. The van der Waals surface area contributed by atoms with Crippen molar-refractivity contribution in [1.29, 1.82) is 0 Å². The average Bonchev–Trinajstić information content (AvgIpc) is 3.08. The summed E-state index contributed by atoms with van der Waals surface area (Å²) in [5, 5.41) is 7.91. The van der Waals surface area contributed by atoms with Crippen LogP contribution in [0, 0.1) is 0 Å². The van der Waals surface area contributed by atoms with Crippen LogP contribution in [0.5, 0.6) is 0 Å². The van der Waals surface area contributed by atoms with Crippen LogP contribution in [0.3, 0.4) is 0 Å². The molecule has 0 unspecified atom stereocenters. The summed E-state index contributed by atoms with van der Waals surface area (Å²) in [5.41, 5.74) is 3.94. The van der Waals surface area contributed by atoms with E-state index in [2.05, 4.69) is 46.6 Å². The Labute approximate surface area is 106 Å². The number of aromatic nitrogens is 2. The molecule has 1 aliphatic rings. The van der Waals surface area contributed by atoms with Crippen molar-refractivity contribution < 1.29 is 0 Å². The lowest BCUT2D eigenvalue weighted by molar-refractivity contribution is 1.12. The van der Waals surface area contributed by atoms with Crippen molar-refractivity contribution in [3.05, 3.63) is 71.9 Å². The number of para-hydroxylation sites is 1. The number of hydrogen-bond donors (Lipinski definition) is 1. The molecule has 0 saturated carbocycles. The third kappa shape index (κ3) is 2.18. The zero-order chi connectivity index (χ0) is 12.2.